The summed E-state index contributed by atoms with van der Waals surface area (Å²) in [6, 6.07) is -0.0471. The average Bonchev–Trinajstić information content (AvgIpc) is 2.96. The van der Waals surface area contributed by atoms with Gasteiger partial charge in [-0.25, -0.2) is 0 Å². The first-order valence-electron chi connectivity index (χ1n) is 5.75. The molecule has 1 fully saturated rings. The molecule has 1 aliphatic rings. The minimum absolute atomic E-state index is 0.0471. The second-order valence-electron chi connectivity index (χ2n) is 4.16. The summed E-state index contributed by atoms with van der Waals surface area (Å²) in [5.74, 6) is 1.11. The summed E-state index contributed by atoms with van der Waals surface area (Å²) in [5, 5.41) is 6.04. The van der Waals surface area contributed by atoms with Crippen LogP contribution in [0.3, 0.4) is 0 Å². The van der Waals surface area contributed by atoms with Crippen molar-refractivity contribution in [3.63, 3.8) is 0 Å². The Hall–Kier alpha value is -0.570. The van der Waals surface area contributed by atoms with Gasteiger partial charge >= 0.3 is 0 Å². The lowest BCUT2D eigenvalue weighted by molar-refractivity contribution is -0.122. The Morgan fingerprint density at radius 2 is 2.21 bits per heavy atom. The van der Waals surface area contributed by atoms with Crippen LogP contribution in [0.2, 0.25) is 0 Å². The van der Waals surface area contributed by atoms with Crippen LogP contribution in [-0.2, 0) is 4.79 Å². The number of nitrogens with one attached hydrogen (secondary N) is 2. The maximum atomic E-state index is 11.3. The van der Waals surface area contributed by atoms with Crippen molar-refractivity contribution in [2.24, 2.45) is 5.92 Å². The van der Waals surface area contributed by atoms with E-state index in [1.165, 1.54) is 25.7 Å². The fourth-order valence-corrected chi connectivity index (χ4v) is 1.54. The minimum Gasteiger partial charge on any atom is -0.355 e. The number of carbonyl (C=O) groups excluding carboxylic acids is 1. The number of carbonyl (C=O) groups is 1. The molecule has 3 heteroatoms. The van der Waals surface area contributed by atoms with Crippen LogP contribution in [0.1, 0.15) is 39.5 Å². The fourth-order valence-electron chi connectivity index (χ4n) is 1.54. The molecule has 0 aromatic heterocycles. The first-order valence-corrected chi connectivity index (χ1v) is 5.75. The summed E-state index contributed by atoms with van der Waals surface area (Å²) in [5.41, 5.74) is 0. The molecule has 1 rings (SSSR count). The molecular formula is C11H22N2O. The normalized spacial score (nSPS) is 17.9. The van der Waals surface area contributed by atoms with Crippen LogP contribution in [-0.4, -0.2) is 25.0 Å². The molecule has 0 radical (unpaired) electrons. The molecule has 1 atom stereocenters. The maximum absolute atomic E-state index is 11.3. The molecule has 0 bridgehead atoms. The van der Waals surface area contributed by atoms with Crippen LogP contribution >= 0.6 is 0 Å². The first-order chi connectivity index (χ1) is 6.74. The quantitative estimate of drug-likeness (QED) is 0.605. The van der Waals surface area contributed by atoms with Crippen molar-refractivity contribution in [1.82, 2.24) is 10.6 Å². The third-order valence-electron chi connectivity index (χ3n) is 2.68. The molecule has 14 heavy (non-hydrogen) atoms. The van der Waals surface area contributed by atoms with E-state index in [2.05, 4.69) is 10.6 Å². The zero-order valence-corrected chi connectivity index (χ0v) is 9.31. The van der Waals surface area contributed by atoms with Gasteiger partial charge in [0.1, 0.15) is 0 Å². The monoisotopic (exact) mass is 198 g/mol. The fraction of sp³-hybridized carbons (Fsp3) is 0.909. The van der Waals surface area contributed by atoms with Crippen LogP contribution < -0.4 is 10.6 Å². The molecule has 0 aliphatic heterocycles. The van der Waals surface area contributed by atoms with E-state index >= 15 is 0 Å². The van der Waals surface area contributed by atoms with Gasteiger partial charge in [0.15, 0.2) is 0 Å². The number of rotatable bonds is 7. The molecule has 1 saturated carbocycles. The first kappa shape index (κ1) is 11.5. The summed E-state index contributed by atoms with van der Waals surface area (Å²) in [7, 11) is 0. The van der Waals surface area contributed by atoms with Crippen molar-refractivity contribution in [2.45, 2.75) is 45.6 Å². The Morgan fingerprint density at radius 1 is 1.50 bits per heavy atom. The summed E-state index contributed by atoms with van der Waals surface area (Å²) in [4.78, 5) is 11.3. The highest BCUT2D eigenvalue weighted by Gasteiger charge is 2.20. The number of amides is 1. The van der Waals surface area contributed by atoms with E-state index in [1.54, 1.807) is 0 Å². The zero-order chi connectivity index (χ0) is 10.4. The Balaban J connectivity index is 1.95. The molecule has 1 aliphatic carbocycles. The highest BCUT2D eigenvalue weighted by molar-refractivity contribution is 5.81. The van der Waals surface area contributed by atoms with E-state index in [0.29, 0.717) is 6.54 Å². The standard InChI is InChI=1S/C11H22N2O/c1-3-12-11(14)9(2)13-8-4-5-10-6-7-10/h9-10,13H,3-8H2,1-2H3,(H,12,14). The van der Waals surface area contributed by atoms with Crippen LogP contribution in [0.15, 0.2) is 0 Å². The van der Waals surface area contributed by atoms with Gasteiger partial charge in [-0.05, 0) is 39.2 Å². The van der Waals surface area contributed by atoms with E-state index in [9.17, 15) is 4.79 Å². The molecule has 0 spiro atoms. The molecule has 82 valence electrons. The Bertz CT molecular complexity index is 178. The Labute approximate surface area is 86.6 Å². The van der Waals surface area contributed by atoms with Gasteiger partial charge < -0.3 is 10.6 Å². The molecule has 0 heterocycles. The van der Waals surface area contributed by atoms with Gasteiger partial charge in [0.2, 0.25) is 5.91 Å². The van der Waals surface area contributed by atoms with Crippen molar-refractivity contribution in [3.05, 3.63) is 0 Å². The summed E-state index contributed by atoms with van der Waals surface area (Å²) in [6.07, 6.45) is 5.38. The smallest absolute Gasteiger partial charge is 0.236 e. The molecule has 1 unspecified atom stereocenters. The van der Waals surface area contributed by atoms with Crippen molar-refractivity contribution in [2.75, 3.05) is 13.1 Å². The molecule has 1 amide bonds. The van der Waals surface area contributed by atoms with E-state index in [1.807, 2.05) is 13.8 Å². The molecular weight excluding hydrogens is 176 g/mol. The predicted octanol–water partition coefficient (Wildman–Crippen LogP) is 1.29. The lowest BCUT2D eigenvalue weighted by Crippen LogP contribution is -2.42. The molecule has 3 nitrogen and oxygen atoms in total. The SMILES string of the molecule is CCNC(=O)C(C)NCCCC1CC1. The van der Waals surface area contributed by atoms with Crippen LogP contribution in [0.5, 0.6) is 0 Å². The lowest BCUT2D eigenvalue weighted by atomic mass is 10.2. The number of hydrogen-bond acceptors (Lipinski definition) is 2. The summed E-state index contributed by atoms with van der Waals surface area (Å²) < 4.78 is 0. The molecule has 2 N–H and O–H groups in total. The van der Waals surface area contributed by atoms with E-state index in [-0.39, 0.29) is 11.9 Å². The van der Waals surface area contributed by atoms with Crippen LogP contribution in [0.4, 0.5) is 0 Å². The third-order valence-corrected chi connectivity index (χ3v) is 2.68. The second kappa shape index (κ2) is 6.02. The molecule has 0 saturated heterocycles. The zero-order valence-electron chi connectivity index (χ0n) is 9.31. The van der Waals surface area contributed by atoms with Gasteiger partial charge in [-0.3, -0.25) is 4.79 Å². The van der Waals surface area contributed by atoms with Gasteiger partial charge in [-0.2, -0.15) is 0 Å². The van der Waals surface area contributed by atoms with Crippen molar-refractivity contribution < 1.29 is 4.79 Å². The second-order valence-corrected chi connectivity index (χ2v) is 4.16. The van der Waals surface area contributed by atoms with Gasteiger partial charge in [-0.1, -0.05) is 12.8 Å². The van der Waals surface area contributed by atoms with Gasteiger partial charge in [0, 0.05) is 6.54 Å². The minimum atomic E-state index is -0.0471. The van der Waals surface area contributed by atoms with Crippen molar-refractivity contribution in [1.29, 1.82) is 0 Å². The van der Waals surface area contributed by atoms with Gasteiger partial charge in [0.05, 0.1) is 6.04 Å². The van der Waals surface area contributed by atoms with E-state index in [0.717, 1.165) is 12.5 Å². The average molecular weight is 198 g/mol. The lowest BCUT2D eigenvalue weighted by Gasteiger charge is -2.12. The highest BCUT2D eigenvalue weighted by Crippen LogP contribution is 2.33. The van der Waals surface area contributed by atoms with Crippen LogP contribution in [0, 0.1) is 5.92 Å². The van der Waals surface area contributed by atoms with Crippen molar-refractivity contribution >= 4 is 5.91 Å². The summed E-state index contributed by atoms with van der Waals surface area (Å²) in [6.45, 7) is 5.54. The van der Waals surface area contributed by atoms with Crippen molar-refractivity contribution in [3.8, 4) is 0 Å². The van der Waals surface area contributed by atoms with Gasteiger partial charge in [-0.15, -0.1) is 0 Å². The maximum Gasteiger partial charge on any atom is 0.236 e. The predicted molar refractivity (Wildman–Crippen MR) is 58.1 cm³/mol. The molecule has 0 aromatic rings. The topological polar surface area (TPSA) is 41.1 Å². The summed E-state index contributed by atoms with van der Waals surface area (Å²) >= 11 is 0. The number of hydrogen-bond donors (Lipinski definition) is 2. The van der Waals surface area contributed by atoms with Gasteiger partial charge in [0.25, 0.3) is 0 Å². The largest absolute Gasteiger partial charge is 0.355 e. The number of likely N-dealkylation sites (N-methyl/N-ethyl adjacent to an activating group) is 1. The van der Waals surface area contributed by atoms with E-state index in [4.69, 9.17) is 0 Å². The third kappa shape index (κ3) is 4.61. The Kier molecular flexibility index (Phi) is 4.94. The highest BCUT2D eigenvalue weighted by atomic mass is 16.2. The van der Waals surface area contributed by atoms with Crippen LogP contribution in [0.25, 0.3) is 0 Å². The Morgan fingerprint density at radius 3 is 2.79 bits per heavy atom. The van der Waals surface area contributed by atoms with E-state index < -0.39 is 0 Å². The molecule has 0 aromatic carbocycles.